The fraction of sp³-hybridized carbons (Fsp3) is 0.329. The number of carbonyl (C=O) groups excluding carboxylic acids is 9. The Morgan fingerprint density at radius 3 is 1.05 bits per heavy atom. The maximum atomic E-state index is 14.0. The number of imide groups is 3. The van der Waals surface area contributed by atoms with Gasteiger partial charge in [-0.3, -0.25) is 62.9 Å². The minimum Gasteiger partial charge on any atom is -1.00 e. The van der Waals surface area contributed by atoms with Gasteiger partial charge in [-0.15, -0.1) is 0 Å². The molecule has 0 radical (unpaired) electrons. The number of alkyl halides is 15. The number of carboxylic acid groups (broad SMARTS) is 1. The van der Waals surface area contributed by atoms with E-state index in [0.717, 1.165) is 42.2 Å². The second-order valence-electron chi connectivity index (χ2n) is 26.8. The van der Waals surface area contributed by atoms with E-state index in [9.17, 15) is 117 Å². The Morgan fingerprint density at radius 1 is 0.508 bits per heavy atom. The molecule has 6 aliphatic heterocycles. The number of rotatable bonds is 13. The van der Waals surface area contributed by atoms with E-state index < -0.39 is 171 Å². The van der Waals surface area contributed by atoms with E-state index in [0.29, 0.717) is 77.1 Å². The van der Waals surface area contributed by atoms with Crippen LogP contribution in [0.2, 0.25) is 30.1 Å². The molecule has 6 heterocycles. The van der Waals surface area contributed by atoms with Gasteiger partial charge >= 0.3 is 149 Å². The minimum atomic E-state index is -5.35. The van der Waals surface area contributed by atoms with E-state index in [1.54, 1.807) is 63.2 Å². The molecule has 51 heteroatoms. The van der Waals surface area contributed by atoms with Crippen LogP contribution in [0.15, 0.2) is 125 Å². The maximum absolute atomic E-state index is 14.0. The Kier molecular flexibility index (Phi) is 37.9. The predicted molar refractivity (Wildman–Crippen MR) is 399 cm³/mol. The Morgan fingerprint density at radius 2 is 0.798 bits per heavy atom. The number of hydrogen-bond donors (Lipinski definition) is 3. The van der Waals surface area contributed by atoms with Crippen molar-refractivity contribution in [3.63, 3.8) is 0 Å². The van der Waals surface area contributed by atoms with Crippen LogP contribution in [-0.2, 0) is 103 Å². The third kappa shape index (κ3) is 29.2. The van der Waals surface area contributed by atoms with Crippen LogP contribution in [0.3, 0.4) is 0 Å². The molecule has 3 N–H and O–H groups in total. The number of oxime groups is 3. The summed E-state index contributed by atoms with van der Waals surface area (Å²) in [6, 6.07) is 23.1. The van der Waals surface area contributed by atoms with Crippen molar-refractivity contribution in [2.45, 2.75) is 113 Å². The average Bonchev–Trinajstić information content (AvgIpc) is 1.65. The van der Waals surface area contributed by atoms with Gasteiger partial charge in [0, 0.05) is 95.6 Å². The maximum Gasteiger partial charge on any atom is 1.00 e. The summed E-state index contributed by atoms with van der Waals surface area (Å²) in [7, 11) is -5.35. The number of piperidine rings is 1. The Bertz CT molecular complexity index is 5230. The molecule has 0 saturated carbocycles. The molecule has 3 fully saturated rings. The first-order chi connectivity index (χ1) is 56.3. The summed E-state index contributed by atoms with van der Waals surface area (Å²) < 4.78 is 218. The third-order valence-electron chi connectivity index (χ3n) is 17.5. The number of benzene rings is 6. The van der Waals surface area contributed by atoms with Crippen LogP contribution in [0.4, 0.5) is 65.9 Å². The molecule has 6 aromatic carbocycles. The van der Waals surface area contributed by atoms with Gasteiger partial charge in [-0.25, -0.2) is 4.79 Å². The Balaban J connectivity index is 0.000000349. The minimum absolute atomic E-state index is 0. The van der Waals surface area contributed by atoms with Crippen LogP contribution in [0.25, 0.3) is 0 Å². The number of carboxylic acids is 1. The van der Waals surface area contributed by atoms with Crippen LogP contribution in [0.5, 0.6) is 0 Å². The van der Waals surface area contributed by atoms with E-state index in [1.807, 2.05) is 5.32 Å². The van der Waals surface area contributed by atoms with Crippen LogP contribution >= 0.6 is 69.6 Å². The SMILES string of the molecule is CC1(c2cc(Cl)cc(Cl)c2)CC(c2ccc(C(=O)N3CC(=O)N(CC(F)(F)F)C(=O)C3)c(C(F)(F)F)c2)=NO1.CC1(c2cc(Cl)cc(Cl)c2)CC(c2ccc(C(=O)N3CC(=O)NC(=O)C3)c(C(F)(F)F)c2)=NO1.CC1(c2cc(Cl)cc(Cl)c2)CC(c2ccc(C(=O)O)c(C(F)(F)F)c2)=NO1.CCOS(=O)(=O)C(F)(F)F.O=C1CCCC(=O)N1.O=CO[O-].[H-].[K+].[K+]. The first-order valence-electron chi connectivity index (χ1n) is 34.2. The van der Waals surface area contributed by atoms with Gasteiger partial charge in [0.2, 0.25) is 35.4 Å². The van der Waals surface area contributed by atoms with Crippen LogP contribution < -0.4 is 119 Å². The van der Waals surface area contributed by atoms with Gasteiger partial charge in [0.15, 0.2) is 16.8 Å². The van der Waals surface area contributed by atoms with E-state index in [4.69, 9.17) is 99.3 Å². The summed E-state index contributed by atoms with van der Waals surface area (Å²) in [5, 5.41) is 35.6. The van der Waals surface area contributed by atoms with Crippen LogP contribution in [0.1, 0.15) is 149 Å². The first-order valence-corrected chi connectivity index (χ1v) is 37.9. The zero-order chi connectivity index (χ0) is 91.5. The normalized spacial score (nSPS) is 18.9. The molecule has 0 aromatic heterocycles. The number of nitrogens with zero attached hydrogens (tertiary/aromatic N) is 6. The van der Waals surface area contributed by atoms with Gasteiger partial charge in [0.1, 0.15) is 32.7 Å². The molecule has 0 aliphatic carbocycles. The second kappa shape index (κ2) is 43.8. The molecule has 8 amide bonds. The number of carbonyl (C=O) groups is 10. The molecule has 3 unspecified atom stereocenters. The van der Waals surface area contributed by atoms with Crippen molar-refractivity contribution in [1.29, 1.82) is 0 Å². The van der Waals surface area contributed by atoms with Gasteiger partial charge in [-0.05, 0) is 125 Å². The molecule has 6 aliphatic rings. The molecule has 0 spiro atoms. The second-order valence-corrected chi connectivity index (χ2v) is 31.0. The van der Waals surface area contributed by atoms with Gasteiger partial charge < -0.3 is 41.0 Å². The van der Waals surface area contributed by atoms with Gasteiger partial charge in [-0.2, -0.15) is 74.3 Å². The van der Waals surface area contributed by atoms with E-state index >= 15 is 0 Å². The molecule has 124 heavy (non-hydrogen) atoms. The fourth-order valence-corrected chi connectivity index (χ4v) is 13.8. The summed E-state index contributed by atoms with van der Waals surface area (Å²) >= 11 is 36.2. The smallest absolute Gasteiger partial charge is 1.00 e. The fourth-order valence-electron chi connectivity index (χ4n) is 11.8. The monoisotopic (exact) mass is 1960 g/mol. The van der Waals surface area contributed by atoms with Gasteiger partial charge in [0.25, 0.3) is 18.3 Å². The molecule has 6 aromatic rings. The number of aromatic carboxylic acids is 1. The molecular weight excluding hydrogens is 1900 g/mol. The molecule has 660 valence electrons. The Hall–Kier alpha value is -7.14. The van der Waals surface area contributed by atoms with Crippen molar-refractivity contribution >= 4 is 157 Å². The summed E-state index contributed by atoms with van der Waals surface area (Å²) in [6.45, 7) is 0.608. The van der Waals surface area contributed by atoms with E-state index in [-0.39, 0.29) is 180 Å². The topological polar surface area (TPSA) is 365 Å². The number of halogens is 21. The number of hydrogen-bond acceptors (Lipinski definition) is 21. The Labute approximate surface area is 807 Å². The molecule has 3 atom stereocenters. The summed E-state index contributed by atoms with van der Waals surface area (Å²) in [5.74, 6) is -8.62. The van der Waals surface area contributed by atoms with Crippen molar-refractivity contribution in [3.8, 4) is 0 Å². The number of nitrogens with one attached hydrogen (secondary N) is 2. The molecule has 12 rings (SSSR count). The largest absolute Gasteiger partial charge is 1.00 e. The molecule has 27 nitrogen and oxygen atoms in total. The first kappa shape index (κ1) is 107. The van der Waals surface area contributed by atoms with Crippen LogP contribution in [0, 0.1) is 0 Å². The summed E-state index contributed by atoms with van der Waals surface area (Å²) in [5.41, 5.74) is -12.0. The number of amides is 8. The van der Waals surface area contributed by atoms with Crippen LogP contribution in [-0.4, -0.2) is 156 Å². The van der Waals surface area contributed by atoms with Crippen molar-refractivity contribution in [2.24, 2.45) is 15.5 Å². The molecular formula is C73H59Cl6F15K2N8O19S. The summed E-state index contributed by atoms with van der Waals surface area (Å²) in [6.07, 6.45) is -17.6. The quantitative estimate of drug-likeness (QED) is 0.0142. The zero-order valence-electron chi connectivity index (χ0n) is 65.3. The molecule has 0 bridgehead atoms. The van der Waals surface area contributed by atoms with E-state index in [2.05, 4.69) is 29.9 Å². The summed E-state index contributed by atoms with van der Waals surface area (Å²) in [4.78, 5) is 134. The standard InChI is InChI=1S/C24H17Cl2F6N3O4.C22H16Cl2F3N3O4.C18H12Cl2F3NO3.C5H7NO2.C3H5F3O3S.CH2O3.2K.H/c1-22(13-5-14(25)7-15(26)6-13)8-18(33-39-22)12-2-3-16(17(4-12)24(30,31)32)21(38)34-9-19(36)35(20(37)10-34)11-23(27,28)29;1-21(12-5-13(23)7-14(24)6-12)8-17(29-34-21)11-2-3-15(16(4-11)22(25,26)27)20(33)30-9-18(31)28-19(32)10-30;1-17(10-5-11(19)7-12(20)6-10)8-15(24-27-17)9-2-3-13(16(25)26)14(4-9)18(21,22)23;7-4-2-1-3-5(8)6-4;1-2-9-10(7,8)3(4,5)6;2-1-4-3;;;/h2-7H,8-11H2,1H3;2-7H,8-10H2,1H3,(H,28,31,32);2-7H,8H2,1H3,(H,25,26);1-3H2,(H,6,7,8);2H2,1H3;1,3H;;;/q;;;;;;2*+1;-1/p-1. The van der Waals surface area contributed by atoms with Crippen molar-refractivity contribution in [2.75, 3.05) is 39.3 Å². The predicted octanol–water partition coefficient (Wildman–Crippen LogP) is 8.57. The number of piperazine rings is 2. The zero-order valence-corrected chi connectivity index (χ0v) is 75.9. The van der Waals surface area contributed by atoms with Gasteiger partial charge in [0.05, 0.1) is 57.1 Å². The van der Waals surface area contributed by atoms with Crippen molar-refractivity contribution < 1.29 is 260 Å². The van der Waals surface area contributed by atoms with Crippen molar-refractivity contribution in [3.05, 3.63) is 206 Å². The van der Waals surface area contributed by atoms with Gasteiger partial charge in [-0.1, -0.05) is 103 Å². The van der Waals surface area contributed by atoms with E-state index in [1.165, 1.54) is 30.3 Å². The average molecular weight is 1960 g/mol. The third-order valence-corrected chi connectivity index (χ3v) is 19.9. The molecule has 3 saturated heterocycles. The van der Waals surface area contributed by atoms with Crippen molar-refractivity contribution in [1.82, 2.24) is 25.3 Å².